The summed E-state index contributed by atoms with van der Waals surface area (Å²) in [5.74, 6) is -1.35. The average Bonchev–Trinajstić information content (AvgIpc) is 2.82. The van der Waals surface area contributed by atoms with E-state index < -0.39 is 22.9 Å². The van der Waals surface area contributed by atoms with Crippen molar-refractivity contribution in [2.75, 3.05) is 34.8 Å². The zero-order valence-corrected chi connectivity index (χ0v) is 19.0. The molecule has 0 aromatic heterocycles. The van der Waals surface area contributed by atoms with E-state index >= 15 is 0 Å². The van der Waals surface area contributed by atoms with Crippen LogP contribution in [0.4, 0.5) is 22.7 Å². The second kappa shape index (κ2) is 9.50. The smallest absolute Gasteiger partial charge is 0.339 e. The van der Waals surface area contributed by atoms with Crippen molar-refractivity contribution in [3.05, 3.63) is 58.1 Å². The quantitative estimate of drug-likeness (QED) is 0.407. The predicted octanol–water partition coefficient (Wildman–Crippen LogP) is 3.36. The van der Waals surface area contributed by atoms with Gasteiger partial charge in [-0.1, -0.05) is 19.1 Å². The number of carbonyl (C=O) groups is 3. The van der Waals surface area contributed by atoms with Crippen molar-refractivity contribution in [3.8, 4) is 0 Å². The first kappa shape index (κ1) is 23.2. The van der Waals surface area contributed by atoms with Crippen LogP contribution in [0.2, 0.25) is 0 Å². The zero-order chi connectivity index (χ0) is 24.4. The maximum Gasteiger partial charge on any atom is 0.339 e. The summed E-state index contributed by atoms with van der Waals surface area (Å²) in [6.45, 7) is 4.73. The van der Waals surface area contributed by atoms with Gasteiger partial charge >= 0.3 is 5.97 Å². The van der Waals surface area contributed by atoms with Crippen molar-refractivity contribution < 1.29 is 24.0 Å². The molecule has 0 aliphatic carbocycles. The molecule has 2 aromatic rings. The molecule has 1 saturated heterocycles. The first-order chi connectivity index (χ1) is 16.2. The van der Waals surface area contributed by atoms with E-state index in [1.54, 1.807) is 30.3 Å². The molecule has 2 aliphatic heterocycles. The lowest BCUT2D eigenvalue weighted by molar-refractivity contribution is -0.384. The molecule has 178 valence electrons. The molecular weight excluding hydrogens is 440 g/mol. The van der Waals surface area contributed by atoms with Crippen LogP contribution in [0.25, 0.3) is 0 Å². The highest BCUT2D eigenvalue weighted by Crippen LogP contribution is 2.33. The van der Waals surface area contributed by atoms with Gasteiger partial charge in [0.25, 0.3) is 11.6 Å². The second-order valence-electron chi connectivity index (χ2n) is 8.69. The molecule has 0 radical (unpaired) electrons. The van der Waals surface area contributed by atoms with Crippen LogP contribution in [0.15, 0.2) is 42.5 Å². The van der Waals surface area contributed by atoms with Crippen molar-refractivity contribution in [2.45, 2.75) is 32.8 Å². The summed E-state index contributed by atoms with van der Waals surface area (Å²) in [6, 6.07) is 11.1. The number of nitrogens with zero attached hydrogens (tertiary/aromatic N) is 3. The number of nitro benzene ring substituents is 1. The number of para-hydroxylation sites is 2. The molecule has 0 spiro atoms. The van der Waals surface area contributed by atoms with Crippen LogP contribution in [0.1, 0.15) is 37.0 Å². The van der Waals surface area contributed by atoms with Crippen molar-refractivity contribution in [2.24, 2.45) is 5.92 Å². The van der Waals surface area contributed by atoms with Gasteiger partial charge in [-0.2, -0.15) is 0 Å². The molecule has 2 aromatic carbocycles. The normalized spacial score (nSPS) is 18.5. The van der Waals surface area contributed by atoms with Gasteiger partial charge in [0, 0.05) is 19.2 Å². The third-order valence-corrected chi connectivity index (χ3v) is 6.07. The Morgan fingerprint density at radius 3 is 2.71 bits per heavy atom. The van der Waals surface area contributed by atoms with Gasteiger partial charge in [-0.3, -0.25) is 24.6 Å². The third kappa shape index (κ3) is 4.70. The molecule has 2 heterocycles. The Morgan fingerprint density at radius 2 is 1.97 bits per heavy atom. The number of amides is 2. The Morgan fingerprint density at radius 1 is 1.21 bits per heavy atom. The molecule has 1 fully saturated rings. The third-order valence-electron chi connectivity index (χ3n) is 6.07. The molecule has 4 rings (SSSR count). The first-order valence-corrected chi connectivity index (χ1v) is 11.2. The van der Waals surface area contributed by atoms with Gasteiger partial charge in [0.1, 0.15) is 12.2 Å². The molecule has 0 saturated carbocycles. The van der Waals surface area contributed by atoms with E-state index in [1.807, 2.05) is 4.90 Å². The molecule has 10 heteroatoms. The van der Waals surface area contributed by atoms with E-state index in [0.29, 0.717) is 36.1 Å². The molecule has 10 nitrogen and oxygen atoms in total. The highest BCUT2D eigenvalue weighted by molar-refractivity contribution is 6.11. The van der Waals surface area contributed by atoms with Gasteiger partial charge in [-0.05, 0) is 49.9 Å². The SMILES string of the molecule is CC1CCCN(c2ccc(C(=O)OC(C)C(=O)N3CC(=O)Nc4ccccc43)cc2[N+](=O)[O-])C1. The summed E-state index contributed by atoms with van der Waals surface area (Å²) >= 11 is 0. The lowest BCUT2D eigenvalue weighted by Gasteiger charge is -2.32. The Balaban J connectivity index is 1.51. The Kier molecular flexibility index (Phi) is 6.49. The summed E-state index contributed by atoms with van der Waals surface area (Å²) in [5.41, 5.74) is 1.27. The van der Waals surface area contributed by atoms with Crippen LogP contribution in [0.5, 0.6) is 0 Å². The van der Waals surface area contributed by atoms with Gasteiger partial charge < -0.3 is 15.0 Å². The van der Waals surface area contributed by atoms with Crippen molar-refractivity contribution in [1.82, 2.24) is 0 Å². The maximum absolute atomic E-state index is 13.0. The van der Waals surface area contributed by atoms with Gasteiger partial charge in [0.2, 0.25) is 5.91 Å². The van der Waals surface area contributed by atoms with Crippen LogP contribution in [-0.4, -0.2) is 48.4 Å². The summed E-state index contributed by atoms with van der Waals surface area (Å²) in [4.78, 5) is 52.2. The van der Waals surface area contributed by atoms with Crippen LogP contribution >= 0.6 is 0 Å². The minimum absolute atomic E-state index is 0.0167. The lowest BCUT2D eigenvalue weighted by Crippen LogP contribution is -2.47. The number of ether oxygens (including phenoxy) is 1. The van der Waals surface area contributed by atoms with E-state index in [2.05, 4.69) is 12.2 Å². The van der Waals surface area contributed by atoms with Crippen LogP contribution < -0.4 is 15.1 Å². The van der Waals surface area contributed by atoms with Gasteiger partial charge in [0.15, 0.2) is 6.10 Å². The van der Waals surface area contributed by atoms with Crippen LogP contribution in [-0.2, 0) is 14.3 Å². The average molecular weight is 466 g/mol. The topological polar surface area (TPSA) is 122 Å². The van der Waals surface area contributed by atoms with Crippen molar-refractivity contribution in [3.63, 3.8) is 0 Å². The first-order valence-electron chi connectivity index (χ1n) is 11.2. The molecular formula is C24H26N4O6. The fraction of sp³-hybridized carbons (Fsp3) is 0.375. The molecule has 2 amide bonds. The monoisotopic (exact) mass is 466 g/mol. The number of carbonyl (C=O) groups excluding carboxylic acids is 3. The summed E-state index contributed by atoms with van der Waals surface area (Å²) in [6.07, 6.45) is 0.816. The molecule has 2 unspecified atom stereocenters. The Hall–Kier alpha value is -3.95. The van der Waals surface area contributed by atoms with Crippen LogP contribution in [0, 0.1) is 16.0 Å². The Labute approximate surface area is 196 Å². The number of hydrogen-bond acceptors (Lipinski definition) is 7. The number of nitrogens with one attached hydrogen (secondary N) is 1. The fourth-order valence-electron chi connectivity index (χ4n) is 4.40. The standard InChI is InChI=1S/C24H26N4O6/c1-15-6-5-11-26(13-15)20-10-9-17(12-21(20)28(32)33)24(31)34-16(2)23(30)27-14-22(29)25-18-7-3-4-8-19(18)27/h3-4,7-10,12,15-16H,5-6,11,13-14H2,1-2H3,(H,25,29). The van der Waals surface area contributed by atoms with Crippen molar-refractivity contribution >= 4 is 40.5 Å². The number of nitro groups is 1. The number of esters is 1. The second-order valence-corrected chi connectivity index (χ2v) is 8.69. The molecule has 34 heavy (non-hydrogen) atoms. The van der Waals surface area contributed by atoms with Crippen LogP contribution in [0.3, 0.4) is 0 Å². The molecule has 2 atom stereocenters. The summed E-state index contributed by atoms with van der Waals surface area (Å²) < 4.78 is 5.34. The zero-order valence-electron chi connectivity index (χ0n) is 19.0. The minimum Gasteiger partial charge on any atom is -0.449 e. The van der Waals surface area contributed by atoms with Crippen molar-refractivity contribution in [1.29, 1.82) is 0 Å². The largest absolute Gasteiger partial charge is 0.449 e. The van der Waals surface area contributed by atoms with E-state index in [0.717, 1.165) is 12.8 Å². The fourth-order valence-corrected chi connectivity index (χ4v) is 4.40. The van der Waals surface area contributed by atoms with Gasteiger partial charge in [-0.25, -0.2) is 4.79 Å². The molecule has 1 N–H and O–H groups in total. The van der Waals surface area contributed by atoms with E-state index in [1.165, 1.54) is 24.0 Å². The summed E-state index contributed by atoms with van der Waals surface area (Å²) in [7, 11) is 0. The number of hydrogen-bond donors (Lipinski definition) is 1. The Bertz CT molecular complexity index is 1150. The lowest BCUT2D eigenvalue weighted by atomic mass is 9.99. The number of fused-ring (bicyclic) bond motifs is 1. The molecule has 2 aliphatic rings. The minimum atomic E-state index is -1.20. The van der Waals surface area contributed by atoms with E-state index in [4.69, 9.17) is 4.74 Å². The number of anilines is 3. The highest BCUT2D eigenvalue weighted by atomic mass is 16.6. The van der Waals surface area contributed by atoms with E-state index in [-0.39, 0.29) is 23.7 Å². The molecule has 0 bridgehead atoms. The number of rotatable bonds is 5. The summed E-state index contributed by atoms with van der Waals surface area (Å²) in [5, 5.41) is 14.4. The number of benzene rings is 2. The van der Waals surface area contributed by atoms with Gasteiger partial charge in [-0.15, -0.1) is 0 Å². The maximum atomic E-state index is 13.0. The van der Waals surface area contributed by atoms with Gasteiger partial charge in [0.05, 0.1) is 21.9 Å². The number of piperidine rings is 1. The predicted molar refractivity (Wildman–Crippen MR) is 126 cm³/mol. The highest BCUT2D eigenvalue weighted by Gasteiger charge is 2.32. The van der Waals surface area contributed by atoms with E-state index in [9.17, 15) is 24.5 Å².